The van der Waals surface area contributed by atoms with Gasteiger partial charge >= 0.3 is 0 Å². The average molecular weight is 469 g/mol. The Morgan fingerprint density at radius 1 is 0.971 bits per heavy atom. The molecule has 3 N–H and O–H groups in total. The highest BCUT2D eigenvalue weighted by Crippen LogP contribution is 2.40. The molecule has 3 aromatic carbocycles. The van der Waals surface area contributed by atoms with Gasteiger partial charge in [-0.1, -0.05) is 109 Å². The summed E-state index contributed by atoms with van der Waals surface area (Å²) < 4.78 is 0. The van der Waals surface area contributed by atoms with E-state index in [-0.39, 0.29) is 12.3 Å². The highest BCUT2D eigenvalue weighted by Gasteiger charge is 2.37. The Bertz CT molecular complexity index is 1180. The Morgan fingerprint density at radius 3 is 1.91 bits per heavy atom. The van der Waals surface area contributed by atoms with Gasteiger partial charge in [-0.2, -0.15) is 0 Å². The predicted molar refractivity (Wildman–Crippen MR) is 137 cm³/mol. The molecule has 0 radical (unpaired) electrons. The van der Waals surface area contributed by atoms with Crippen LogP contribution in [0.5, 0.6) is 0 Å². The van der Waals surface area contributed by atoms with Crippen molar-refractivity contribution in [1.29, 1.82) is 0 Å². The third kappa shape index (κ3) is 4.74. The highest BCUT2D eigenvalue weighted by atomic mass is 32.1. The van der Waals surface area contributed by atoms with Crippen molar-refractivity contribution in [2.24, 2.45) is 10.9 Å². The van der Waals surface area contributed by atoms with E-state index >= 15 is 0 Å². The van der Waals surface area contributed by atoms with E-state index in [1.807, 2.05) is 54.6 Å². The molecule has 6 nitrogen and oxygen atoms in total. The predicted octanol–water partition coefficient (Wildman–Crippen LogP) is 4.94. The van der Waals surface area contributed by atoms with Gasteiger partial charge in [0.05, 0.1) is 0 Å². The molecule has 1 aromatic heterocycles. The molecule has 0 fully saturated rings. The number of benzene rings is 3. The Morgan fingerprint density at radius 2 is 1.47 bits per heavy atom. The maximum atomic E-state index is 12.0. The number of hydrogen-bond acceptors (Lipinski definition) is 6. The van der Waals surface area contributed by atoms with Crippen LogP contribution in [0.2, 0.25) is 0 Å². The first-order valence-electron chi connectivity index (χ1n) is 10.7. The number of nitrogens with zero attached hydrogens (tertiary/aromatic N) is 2. The van der Waals surface area contributed by atoms with Gasteiger partial charge in [-0.15, -0.1) is 11.3 Å². The summed E-state index contributed by atoms with van der Waals surface area (Å²) in [5.74, 6) is -0.721. The maximum Gasteiger partial charge on any atom is 0.273 e. The molecule has 0 aliphatic carbocycles. The Hall–Kier alpha value is -4.23. The van der Waals surface area contributed by atoms with E-state index in [2.05, 4.69) is 58.4 Å². The molecule has 0 unspecified atom stereocenters. The number of nitrogens with one attached hydrogen (secondary N) is 1. The van der Waals surface area contributed by atoms with Crippen LogP contribution in [0.15, 0.2) is 114 Å². The third-order valence-corrected chi connectivity index (χ3v) is 6.00. The summed E-state index contributed by atoms with van der Waals surface area (Å²) >= 11 is 1.36. The van der Waals surface area contributed by atoms with E-state index < -0.39 is 11.4 Å². The summed E-state index contributed by atoms with van der Waals surface area (Å²) in [6.45, 7) is 3.73. The zero-order chi connectivity index (χ0) is 23.8. The summed E-state index contributed by atoms with van der Waals surface area (Å²) in [7, 11) is 0. The molecular weight excluding hydrogens is 444 g/mol. The topological polar surface area (TPSA) is 89.6 Å². The van der Waals surface area contributed by atoms with Crippen molar-refractivity contribution >= 4 is 28.1 Å². The van der Waals surface area contributed by atoms with Crippen molar-refractivity contribution in [3.05, 3.63) is 131 Å². The monoisotopic (exact) mass is 468 g/mol. The van der Waals surface area contributed by atoms with E-state index in [9.17, 15) is 4.79 Å². The van der Waals surface area contributed by atoms with Crippen LogP contribution in [-0.4, -0.2) is 23.2 Å². The lowest BCUT2D eigenvalue weighted by atomic mass is 9.77. The molecule has 0 spiro atoms. The van der Waals surface area contributed by atoms with Gasteiger partial charge in [0, 0.05) is 5.38 Å². The highest BCUT2D eigenvalue weighted by molar-refractivity contribution is 7.14. The summed E-state index contributed by atoms with van der Waals surface area (Å²) in [5, 5.41) is 9.85. The number of anilines is 1. The molecule has 7 heteroatoms. The molecule has 4 rings (SSSR count). The molecule has 1 amide bonds. The molecule has 0 atom stereocenters. The molecule has 0 aliphatic heterocycles. The number of carbonyl (C=O) groups is 1. The van der Waals surface area contributed by atoms with E-state index in [4.69, 9.17) is 10.6 Å². The number of rotatable bonds is 10. The van der Waals surface area contributed by atoms with Gasteiger partial charge in [0.1, 0.15) is 17.8 Å². The second-order valence-electron chi connectivity index (χ2n) is 7.40. The van der Waals surface area contributed by atoms with E-state index in [1.54, 1.807) is 5.38 Å². The second-order valence-corrected chi connectivity index (χ2v) is 8.26. The number of carbonyl (C=O) groups excluding carboxylic acids is 1. The van der Waals surface area contributed by atoms with Crippen LogP contribution >= 0.6 is 11.3 Å². The van der Waals surface area contributed by atoms with Crippen molar-refractivity contribution < 1.29 is 9.63 Å². The minimum atomic E-state index is -0.734. The fourth-order valence-electron chi connectivity index (χ4n) is 3.75. The van der Waals surface area contributed by atoms with Gasteiger partial charge in [-0.3, -0.25) is 4.79 Å². The molecule has 0 saturated heterocycles. The van der Waals surface area contributed by atoms with Crippen molar-refractivity contribution in [3.63, 3.8) is 0 Å². The fraction of sp³-hybridized carbons (Fsp3) is 0.0741. The number of nitrogens with two attached hydrogens (primary N) is 1. The lowest BCUT2D eigenvalue weighted by Crippen LogP contribution is -2.38. The Labute approximate surface area is 202 Å². The molecular formula is C27H24N4O2S. The van der Waals surface area contributed by atoms with Crippen molar-refractivity contribution in [3.8, 4) is 0 Å². The quantitative estimate of drug-likeness (QED) is 0.113. The van der Waals surface area contributed by atoms with Crippen LogP contribution in [0.1, 0.15) is 22.4 Å². The molecule has 4 aromatic rings. The lowest BCUT2D eigenvalue weighted by molar-refractivity contribution is -0.112. The van der Waals surface area contributed by atoms with Gasteiger partial charge in [0.2, 0.25) is 0 Å². The summed E-state index contributed by atoms with van der Waals surface area (Å²) in [6, 6.07) is 30.6. The Kier molecular flexibility index (Phi) is 7.15. The SMILES string of the molecule is C=CCON=C(C(N)=O)c1csc(NC(c2ccccc2)(c2ccccc2)c2ccccc2)n1. The van der Waals surface area contributed by atoms with Gasteiger partial charge in [-0.05, 0) is 16.7 Å². The summed E-state index contributed by atoms with van der Waals surface area (Å²) in [5.41, 5.74) is 8.22. The first-order valence-corrected chi connectivity index (χ1v) is 11.5. The van der Waals surface area contributed by atoms with Gasteiger partial charge in [0.25, 0.3) is 5.91 Å². The van der Waals surface area contributed by atoms with Gasteiger partial charge in [0.15, 0.2) is 10.8 Å². The van der Waals surface area contributed by atoms with E-state index in [0.29, 0.717) is 10.8 Å². The minimum Gasteiger partial charge on any atom is -0.391 e. The normalized spacial score (nSPS) is 11.6. The van der Waals surface area contributed by atoms with Crippen LogP contribution in [-0.2, 0) is 15.2 Å². The number of hydrogen-bond donors (Lipinski definition) is 2. The zero-order valence-corrected chi connectivity index (χ0v) is 19.2. The van der Waals surface area contributed by atoms with E-state index in [1.165, 1.54) is 17.4 Å². The average Bonchev–Trinajstić information content (AvgIpc) is 3.34. The largest absolute Gasteiger partial charge is 0.391 e. The number of primary amides is 1. The van der Waals surface area contributed by atoms with Crippen molar-refractivity contribution in [2.75, 3.05) is 11.9 Å². The maximum absolute atomic E-state index is 12.0. The molecule has 0 saturated carbocycles. The first-order chi connectivity index (χ1) is 16.6. The number of thiazole rings is 1. The molecule has 34 heavy (non-hydrogen) atoms. The summed E-state index contributed by atoms with van der Waals surface area (Å²) in [4.78, 5) is 21.7. The molecule has 1 heterocycles. The number of oxime groups is 1. The second kappa shape index (κ2) is 10.6. The molecule has 0 aliphatic rings. The van der Waals surface area contributed by atoms with Gasteiger partial charge in [-0.25, -0.2) is 4.98 Å². The minimum absolute atomic E-state index is 0.0455. The van der Waals surface area contributed by atoms with Crippen LogP contribution in [0.3, 0.4) is 0 Å². The number of amides is 1. The van der Waals surface area contributed by atoms with Crippen LogP contribution < -0.4 is 11.1 Å². The van der Waals surface area contributed by atoms with Crippen molar-refractivity contribution in [2.45, 2.75) is 5.54 Å². The third-order valence-electron chi connectivity index (χ3n) is 5.24. The Balaban J connectivity index is 1.84. The summed E-state index contributed by atoms with van der Waals surface area (Å²) in [6.07, 6.45) is 1.53. The molecule has 0 bridgehead atoms. The van der Waals surface area contributed by atoms with Crippen LogP contribution in [0.4, 0.5) is 5.13 Å². The smallest absolute Gasteiger partial charge is 0.273 e. The van der Waals surface area contributed by atoms with Crippen LogP contribution in [0, 0.1) is 0 Å². The molecule has 170 valence electrons. The number of aromatic nitrogens is 1. The van der Waals surface area contributed by atoms with E-state index in [0.717, 1.165) is 16.7 Å². The van der Waals surface area contributed by atoms with Crippen molar-refractivity contribution in [1.82, 2.24) is 4.98 Å². The standard InChI is InChI=1S/C27H24N4O2S/c1-2-18-33-31-24(25(28)32)23-19-34-26(29-23)30-27(20-12-6-3-7-13-20,21-14-8-4-9-15-21)22-16-10-5-11-17-22/h2-17,19H,1,18H2,(H2,28,32)(H,29,30). The fourth-order valence-corrected chi connectivity index (χ4v) is 4.50. The first kappa shape index (κ1) is 22.9. The van der Waals surface area contributed by atoms with Crippen LogP contribution in [0.25, 0.3) is 0 Å². The zero-order valence-electron chi connectivity index (χ0n) is 18.4. The van der Waals surface area contributed by atoms with Gasteiger partial charge < -0.3 is 15.9 Å². The lowest BCUT2D eigenvalue weighted by Gasteiger charge is -2.36.